The molecule has 0 fully saturated rings. The Morgan fingerprint density at radius 2 is 1.89 bits per heavy atom. The van der Waals surface area contributed by atoms with Gasteiger partial charge in [0.1, 0.15) is 5.60 Å². The molecule has 98 valence electrons. The van der Waals surface area contributed by atoms with Crippen molar-refractivity contribution in [2.24, 2.45) is 0 Å². The van der Waals surface area contributed by atoms with E-state index in [-0.39, 0.29) is 12.4 Å². The van der Waals surface area contributed by atoms with Crippen molar-refractivity contribution in [2.45, 2.75) is 32.8 Å². The molecule has 0 aromatic heterocycles. The number of ether oxygens (including phenoxy) is 2. The monoisotopic (exact) mass is 250 g/mol. The average Bonchev–Trinajstić information content (AvgIpc) is 2.25. The van der Waals surface area contributed by atoms with Crippen LogP contribution < -0.4 is 0 Å². The van der Waals surface area contributed by atoms with Crippen molar-refractivity contribution in [1.82, 2.24) is 0 Å². The minimum atomic E-state index is -0.503. The molecule has 0 aliphatic carbocycles. The summed E-state index contributed by atoms with van der Waals surface area (Å²) in [7, 11) is 1.32. The number of hydrogen-bond donors (Lipinski definition) is 0. The van der Waals surface area contributed by atoms with Crippen LogP contribution in [-0.4, -0.2) is 24.6 Å². The van der Waals surface area contributed by atoms with Crippen LogP contribution in [0, 0.1) is 0 Å². The lowest BCUT2D eigenvalue weighted by Crippen LogP contribution is -2.24. The topological polar surface area (TPSA) is 52.6 Å². The van der Waals surface area contributed by atoms with Crippen LogP contribution in [0.5, 0.6) is 0 Å². The minimum Gasteiger partial charge on any atom is -0.465 e. The Labute approximate surface area is 107 Å². The summed E-state index contributed by atoms with van der Waals surface area (Å²) < 4.78 is 9.83. The third-order valence-electron chi connectivity index (χ3n) is 2.12. The van der Waals surface area contributed by atoms with Gasteiger partial charge in [-0.25, -0.2) is 4.79 Å². The van der Waals surface area contributed by atoms with Gasteiger partial charge in [-0.3, -0.25) is 4.79 Å². The molecule has 0 spiro atoms. The minimum absolute atomic E-state index is 0.141. The number of methoxy groups -OCH3 is 1. The molecular weight excluding hydrogens is 232 g/mol. The lowest BCUT2D eigenvalue weighted by molar-refractivity contribution is -0.153. The summed E-state index contributed by atoms with van der Waals surface area (Å²) in [5, 5.41) is 0. The van der Waals surface area contributed by atoms with Crippen LogP contribution in [0.2, 0.25) is 0 Å². The van der Waals surface area contributed by atoms with Crippen molar-refractivity contribution in [3.63, 3.8) is 0 Å². The van der Waals surface area contributed by atoms with Crippen LogP contribution in [0.25, 0.3) is 0 Å². The highest BCUT2D eigenvalue weighted by Crippen LogP contribution is 2.12. The lowest BCUT2D eigenvalue weighted by Gasteiger charge is -2.19. The number of esters is 2. The normalized spacial score (nSPS) is 10.9. The highest BCUT2D eigenvalue weighted by molar-refractivity contribution is 5.89. The molecule has 0 radical (unpaired) electrons. The first-order valence-corrected chi connectivity index (χ1v) is 5.71. The predicted molar refractivity (Wildman–Crippen MR) is 67.3 cm³/mol. The molecule has 0 saturated heterocycles. The number of benzene rings is 1. The lowest BCUT2D eigenvalue weighted by atomic mass is 10.1. The van der Waals surface area contributed by atoms with E-state index in [0.717, 1.165) is 5.56 Å². The van der Waals surface area contributed by atoms with Gasteiger partial charge in [0.15, 0.2) is 0 Å². The second-order valence-electron chi connectivity index (χ2n) is 4.96. The Morgan fingerprint density at radius 3 is 2.44 bits per heavy atom. The fourth-order valence-corrected chi connectivity index (χ4v) is 1.47. The quantitative estimate of drug-likeness (QED) is 0.773. The summed E-state index contributed by atoms with van der Waals surface area (Å²) in [5.41, 5.74) is 0.655. The summed E-state index contributed by atoms with van der Waals surface area (Å²) in [4.78, 5) is 23.0. The van der Waals surface area contributed by atoms with Crippen LogP contribution in [-0.2, 0) is 20.7 Å². The first-order chi connectivity index (χ1) is 8.31. The van der Waals surface area contributed by atoms with Gasteiger partial charge in [0.2, 0.25) is 0 Å². The van der Waals surface area contributed by atoms with Crippen LogP contribution >= 0.6 is 0 Å². The van der Waals surface area contributed by atoms with Crippen molar-refractivity contribution in [2.75, 3.05) is 7.11 Å². The fourth-order valence-electron chi connectivity index (χ4n) is 1.47. The van der Waals surface area contributed by atoms with Gasteiger partial charge in [-0.2, -0.15) is 0 Å². The Hall–Kier alpha value is -1.84. The third-order valence-corrected chi connectivity index (χ3v) is 2.12. The van der Waals surface area contributed by atoms with Crippen LogP contribution in [0.4, 0.5) is 0 Å². The van der Waals surface area contributed by atoms with Crippen molar-refractivity contribution in [3.8, 4) is 0 Å². The summed E-state index contributed by atoms with van der Waals surface area (Å²) in [6.07, 6.45) is 0.141. The first kappa shape index (κ1) is 14.2. The maximum Gasteiger partial charge on any atom is 0.337 e. The molecule has 0 saturated carbocycles. The number of hydrogen-bond acceptors (Lipinski definition) is 4. The zero-order valence-electron chi connectivity index (χ0n) is 11.1. The van der Waals surface area contributed by atoms with E-state index in [2.05, 4.69) is 4.74 Å². The average molecular weight is 250 g/mol. The SMILES string of the molecule is COC(=O)c1cccc(CC(=O)OC(C)(C)C)c1. The van der Waals surface area contributed by atoms with Crippen molar-refractivity contribution < 1.29 is 19.1 Å². The van der Waals surface area contributed by atoms with E-state index < -0.39 is 11.6 Å². The molecule has 18 heavy (non-hydrogen) atoms. The first-order valence-electron chi connectivity index (χ1n) is 5.71. The van der Waals surface area contributed by atoms with E-state index in [0.29, 0.717) is 5.56 Å². The Kier molecular flexibility index (Phi) is 4.48. The molecule has 1 aromatic carbocycles. The summed E-state index contributed by atoms with van der Waals surface area (Å²) >= 11 is 0. The van der Waals surface area contributed by atoms with E-state index in [4.69, 9.17) is 4.74 Å². The highest BCUT2D eigenvalue weighted by Gasteiger charge is 2.17. The largest absolute Gasteiger partial charge is 0.465 e. The predicted octanol–water partition coefficient (Wildman–Crippen LogP) is 2.36. The second kappa shape index (κ2) is 5.67. The van der Waals surface area contributed by atoms with Gasteiger partial charge < -0.3 is 9.47 Å². The molecule has 0 atom stereocenters. The molecule has 4 nitrogen and oxygen atoms in total. The van der Waals surface area contributed by atoms with Gasteiger partial charge in [0.05, 0.1) is 19.1 Å². The van der Waals surface area contributed by atoms with Crippen molar-refractivity contribution >= 4 is 11.9 Å². The molecule has 0 heterocycles. The van der Waals surface area contributed by atoms with Crippen molar-refractivity contribution in [1.29, 1.82) is 0 Å². The fraction of sp³-hybridized carbons (Fsp3) is 0.429. The molecule has 0 amide bonds. The zero-order chi connectivity index (χ0) is 13.8. The van der Waals surface area contributed by atoms with E-state index in [9.17, 15) is 9.59 Å². The second-order valence-corrected chi connectivity index (χ2v) is 4.96. The van der Waals surface area contributed by atoms with Gasteiger partial charge >= 0.3 is 11.9 Å². The molecule has 0 N–H and O–H groups in total. The highest BCUT2D eigenvalue weighted by atomic mass is 16.6. The molecule has 0 bridgehead atoms. The van der Waals surface area contributed by atoms with Gasteiger partial charge in [0.25, 0.3) is 0 Å². The molecule has 1 rings (SSSR count). The van der Waals surface area contributed by atoms with E-state index in [1.807, 2.05) is 20.8 Å². The van der Waals surface area contributed by atoms with E-state index >= 15 is 0 Å². The number of rotatable bonds is 3. The van der Waals surface area contributed by atoms with E-state index in [1.165, 1.54) is 7.11 Å². The Balaban J connectivity index is 2.74. The summed E-state index contributed by atoms with van der Waals surface area (Å²) in [6, 6.07) is 6.77. The maximum atomic E-state index is 11.6. The van der Waals surface area contributed by atoms with Gasteiger partial charge in [-0.05, 0) is 38.5 Å². The standard InChI is InChI=1S/C14H18O4/c1-14(2,3)18-12(15)9-10-6-5-7-11(8-10)13(16)17-4/h5-8H,9H2,1-4H3. The molecule has 0 aliphatic rings. The molecule has 0 unspecified atom stereocenters. The molecule has 4 heteroatoms. The summed E-state index contributed by atoms with van der Waals surface area (Å²) in [6.45, 7) is 5.45. The van der Waals surface area contributed by atoms with Crippen LogP contribution in [0.1, 0.15) is 36.7 Å². The van der Waals surface area contributed by atoms with Crippen LogP contribution in [0.15, 0.2) is 24.3 Å². The van der Waals surface area contributed by atoms with Crippen molar-refractivity contribution in [3.05, 3.63) is 35.4 Å². The third kappa shape index (κ3) is 4.57. The molecular formula is C14H18O4. The number of carbonyl (C=O) groups excluding carboxylic acids is 2. The zero-order valence-corrected chi connectivity index (χ0v) is 11.1. The smallest absolute Gasteiger partial charge is 0.337 e. The van der Waals surface area contributed by atoms with Crippen LogP contribution in [0.3, 0.4) is 0 Å². The molecule has 1 aromatic rings. The van der Waals surface area contributed by atoms with E-state index in [1.54, 1.807) is 24.3 Å². The van der Waals surface area contributed by atoms with Gasteiger partial charge in [-0.1, -0.05) is 12.1 Å². The maximum absolute atomic E-state index is 11.6. The number of carbonyl (C=O) groups is 2. The Morgan fingerprint density at radius 1 is 1.22 bits per heavy atom. The molecule has 0 aliphatic heterocycles. The summed E-state index contributed by atoms with van der Waals surface area (Å²) in [5.74, 6) is -0.731. The Bertz CT molecular complexity index is 443. The van der Waals surface area contributed by atoms with Gasteiger partial charge in [-0.15, -0.1) is 0 Å². The van der Waals surface area contributed by atoms with Gasteiger partial charge in [0, 0.05) is 0 Å².